The quantitative estimate of drug-likeness (QED) is 0.0458. The van der Waals surface area contributed by atoms with Crippen molar-refractivity contribution in [2.45, 2.75) is 129 Å². The molecule has 3 aliphatic rings. The van der Waals surface area contributed by atoms with E-state index in [4.69, 9.17) is 28.7 Å². The molecule has 390 valence electrons. The number of nitrogens with one attached hydrogen (secondary N) is 1. The van der Waals surface area contributed by atoms with Gasteiger partial charge in [0.2, 0.25) is 12.3 Å². The molecule has 0 aromatic heterocycles. The second-order valence-corrected chi connectivity index (χ2v) is 24.1. The largest absolute Gasteiger partial charge is 0.493 e. The molecule has 1 unspecified atom stereocenters. The molecular formula is C58H73N5O8S2. The standard InChI is InChI=1S/C58H73N5O8S2/c1-38-25-50(67-10)52(31-46(38)60-33-44-29-42-18-14-16-20-49(42)62(44)37-64)69-34-39-26-40(28-43(27-39)63(57(5,6)36-71-56(2,3)4)54(65)21-23-58(7,8)73-72-12)35-70-53-32-47(59-9)45(30-51(53)68-11)55(66)61-24-22-41-17-13-15-19-48(41)61/h14-16,18-20,25-28,30-33,37,44,59H,13,17,21-24,29,34-36H2,1-12H3. The van der Waals surface area contributed by atoms with Crippen molar-refractivity contribution in [2.75, 3.05) is 55.8 Å². The van der Waals surface area contributed by atoms with Crippen LogP contribution in [0.4, 0.5) is 22.7 Å². The molecule has 2 heterocycles. The third-order valence-corrected chi connectivity index (χ3v) is 16.0. The van der Waals surface area contributed by atoms with E-state index < -0.39 is 11.1 Å². The van der Waals surface area contributed by atoms with Gasteiger partial charge in [-0.1, -0.05) is 45.9 Å². The molecule has 0 saturated carbocycles. The van der Waals surface area contributed by atoms with E-state index in [0.717, 1.165) is 59.3 Å². The number of fused-ring (bicyclic) bond motifs is 1. The summed E-state index contributed by atoms with van der Waals surface area (Å²) in [6.45, 7) is 17.5. The number of aryl methyl sites for hydroxylation is 1. The molecule has 0 radical (unpaired) electrons. The van der Waals surface area contributed by atoms with Crippen LogP contribution in [0.15, 0.2) is 95.1 Å². The van der Waals surface area contributed by atoms with Gasteiger partial charge in [0.05, 0.1) is 54.9 Å². The Hall–Kier alpha value is -5.90. The summed E-state index contributed by atoms with van der Waals surface area (Å²) in [4.78, 5) is 51.6. The summed E-state index contributed by atoms with van der Waals surface area (Å²) in [5, 5.41) is 3.23. The molecule has 0 bridgehead atoms. The molecule has 0 saturated heterocycles. The second-order valence-electron chi connectivity index (χ2n) is 21.0. The summed E-state index contributed by atoms with van der Waals surface area (Å²) in [6, 6.07) is 21.0. The molecule has 15 heteroatoms. The van der Waals surface area contributed by atoms with Crippen molar-refractivity contribution in [1.29, 1.82) is 0 Å². The minimum absolute atomic E-state index is 0.0337. The average Bonchev–Trinajstić information content (AvgIpc) is 3.96. The number of amides is 3. The lowest BCUT2D eigenvalue weighted by Crippen LogP contribution is -2.52. The van der Waals surface area contributed by atoms with Crippen molar-refractivity contribution in [3.05, 3.63) is 118 Å². The Morgan fingerprint density at radius 2 is 1.58 bits per heavy atom. The predicted molar refractivity (Wildman–Crippen MR) is 299 cm³/mol. The van der Waals surface area contributed by atoms with E-state index in [1.54, 1.807) is 53.8 Å². The fraction of sp³-hybridized carbons (Fsp3) is 0.448. The minimum atomic E-state index is -0.779. The van der Waals surface area contributed by atoms with Gasteiger partial charge in [-0.25, -0.2) is 0 Å². The number of allylic oxidation sites excluding steroid dienone is 2. The first-order valence-electron chi connectivity index (χ1n) is 25.0. The first kappa shape index (κ1) is 54.9. The second kappa shape index (κ2) is 23.5. The fourth-order valence-corrected chi connectivity index (χ4v) is 11.8. The van der Waals surface area contributed by atoms with Crippen molar-refractivity contribution in [1.82, 2.24) is 4.90 Å². The lowest BCUT2D eigenvalue weighted by molar-refractivity contribution is -0.121. The van der Waals surface area contributed by atoms with Crippen LogP contribution < -0.4 is 34.1 Å². The Balaban J connectivity index is 1.23. The van der Waals surface area contributed by atoms with Crippen LogP contribution in [0.1, 0.15) is 113 Å². The van der Waals surface area contributed by atoms with E-state index in [1.165, 1.54) is 5.57 Å². The van der Waals surface area contributed by atoms with Gasteiger partial charge in [0.15, 0.2) is 23.0 Å². The van der Waals surface area contributed by atoms with Crippen LogP contribution in [0.25, 0.3) is 0 Å². The maximum Gasteiger partial charge on any atom is 0.260 e. The van der Waals surface area contributed by atoms with Gasteiger partial charge in [-0.3, -0.25) is 19.4 Å². The topological polar surface area (TPSA) is 131 Å². The fourth-order valence-electron chi connectivity index (χ4n) is 9.53. The number of para-hydroxylation sites is 1. The minimum Gasteiger partial charge on any atom is -0.493 e. The number of methoxy groups -OCH3 is 2. The lowest BCUT2D eigenvalue weighted by Gasteiger charge is -2.41. The van der Waals surface area contributed by atoms with E-state index in [-0.39, 0.29) is 42.4 Å². The van der Waals surface area contributed by atoms with Gasteiger partial charge in [-0.15, -0.1) is 0 Å². The summed E-state index contributed by atoms with van der Waals surface area (Å²) in [6.07, 6.45) is 13.4. The van der Waals surface area contributed by atoms with E-state index in [9.17, 15) is 14.4 Å². The molecule has 13 nitrogen and oxygen atoms in total. The SMILES string of the molecule is CNc1cc(OCc2cc(COc3cc(N=CC4Cc5ccccc5N4C=O)c(C)cc3OC)cc(N(C(=O)CCC(C)(C)SSC)C(C)(C)COC(C)(C)C)c2)c(OC)cc1C(=O)N1CCC2=C1C=CCC2. The van der Waals surface area contributed by atoms with E-state index in [2.05, 4.69) is 37.6 Å². The van der Waals surface area contributed by atoms with Crippen molar-refractivity contribution in [3.8, 4) is 23.0 Å². The molecule has 4 aromatic rings. The van der Waals surface area contributed by atoms with Gasteiger partial charge >= 0.3 is 0 Å². The molecule has 0 spiro atoms. The van der Waals surface area contributed by atoms with Crippen LogP contribution in [0.2, 0.25) is 0 Å². The number of hydrogen-bond acceptors (Lipinski definition) is 12. The number of rotatable bonds is 22. The number of aliphatic imine (C=N–C) groups is 1. The summed E-state index contributed by atoms with van der Waals surface area (Å²) in [5.41, 5.74) is 7.93. The van der Waals surface area contributed by atoms with Gasteiger partial charge in [-0.05, 0) is 158 Å². The summed E-state index contributed by atoms with van der Waals surface area (Å²) < 4.78 is 31.3. The monoisotopic (exact) mass is 1030 g/mol. The van der Waals surface area contributed by atoms with Gasteiger partial charge in [0, 0.05) is 66.6 Å². The van der Waals surface area contributed by atoms with E-state index in [0.29, 0.717) is 71.4 Å². The predicted octanol–water partition coefficient (Wildman–Crippen LogP) is 12.4. The van der Waals surface area contributed by atoms with E-state index >= 15 is 0 Å². The van der Waals surface area contributed by atoms with Crippen molar-refractivity contribution in [3.63, 3.8) is 0 Å². The van der Waals surface area contributed by atoms with Crippen molar-refractivity contribution < 1.29 is 38.1 Å². The van der Waals surface area contributed by atoms with Gasteiger partial charge < -0.3 is 43.7 Å². The molecule has 1 N–H and O–H groups in total. The smallest absolute Gasteiger partial charge is 0.260 e. The molecule has 2 aliphatic heterocycles. The third-order valence-electron chi connectivity index (χ3n) is 13.3. The molecule has 3 amide bonds. The maximum atomic E-state index is 14.9. The maximum absolute atomic E-state index is 14.9. The number of ether oxygens (including phenoxy) is 5. The number of hydrogen-bond donors (Lipinski definition) is 1. The van der Waals surface area contributed by atoms with Crippen LogP contribution in [0, 0.1) is 6.92 Å². The Bertz CT molecular complexity index is 2760. The van der Waals surface area contributed by atoms with Gasteiger partial charge in [0.25, 0.3) is 5.91 Å². The van der Waals surface area contributed by atoms with Crippen LogP contribution in [0.3, 0.4) is 0 Å². The van der Waals surface area contributed by atoms with Gasteiger partial charge in [0.1, 0.15) is 13.2 Å². The highest BCUT2D eigenvalue weighted by molar-refractivity contribution is 8.76. The average molecular weight is 1030 g/mol. The number of carbonyl (C=O) groups is 3. The Morgan fingerprint density at radius 3 is 2.23 bits per heavy atom. The van der Waals surface area contributed by atoms with Crippen molar-refractivity contribution in [2.24, 2.45) is 4.99 Å². The third kappa shape index (κ3) is 13.3. The molecule has 1 aliphatic carbocycles. The number of anilines is 3. The molecule has 7 rings (SSSR count). The zero-order valence-electron chi connectivity index (χ0n) is 44.7. The first-order valence-corrected chi connectivity index (χ1v) is 27.6. The van der Waals surface area contributed by atoms with Crippen LogP contribution in [-0.2, 0) is 34.0 Å². The van der Waals surface area contributed by atoms with Crippen LogP contribution in [0.5, 0.6) is 23.0 Å². The number of nitrogens with zero attached hydrogens (tertiary/aromatic N) is 4. The molecule has 4 aromatic carbocycles. The highest BCUT2D eigenvalue weighted by Crippen LogP contribution is 2.41. The highest BCUT2D eigenvalue weighted by Gasteiger charge is 2.36. The van der Waals surface area contributed by atoms with E-state index in [1.807, 2.05) is 118 Å². The zero-order chi connectivity index (χ0) is 52.7. The molecule has 0 fully saturated rings. The summed E-state index contributed by atoms with van der Waals surface area (Å²) in [5.74, 6) is 1.74. The highest BCUT2D eigenvalue weighted by atomic mass is 33.1. The van der Waals surface area contributed by atoms with Gasteiger partial charge in [-0.2, -0.15) is 0 Å². The molecule has 1 atom stereocenters. The number of benzene rings is 4. The zero-order valence-corrected chi connectivity index (χ0v) is 46.3. The van der Waals surface area contributed by atoms with Crippen molar-refractivity contribution >= 4 is 68.8 Å². The lowest BCUT2D eigenvalue weighted by atomic mass is 9.98. The van der Waals surface area contributed by atoms with Crippen LogP contribution >= 0.6 is 21.6 Å². The summed E-state index contributed by atoms with van der Waals surface area (Å²) in [7, 11) is 8.42. The molecular weight excluding hydrogens is 959 g/mol. The Morgan fingerprint density at radius 1 is 0.890 bits per heavy atom. The summed E-state index contributed by atoms with van der Waals surface area (Å²) >= 11 is 0. The first-order chi connectivity index (χ1) is 34.8. The van der Waals surface area contributed by atoms with Crippen LogP contribution in [-0.4, -0.2) is 91.9 Å². The Labute approximate surface area is 440 Å². The number of carbonyl (C=O) groups excluding carboxylic acids is 3. The molecule has 73 heavy (non-hydrogen) atoms. The normalized spacial score (nSPS) is 15.6. The Kier molecular flexibility index (Phi) is 17.7.